The summed E-state index contributed by atoms with van der Waals surface area (Å²) in [6.45, 7) is 0. The van der Waals surface area contributed by atoms with E-state index in [4.69, 9.17) is 0 Å². The van der Waals surface area contributed by atoms with Crippen molar-refractivity contribution in [2.24, 2.45) is 0 Å². The lowest BCUT2D eigenvalue weighted by Crippen LogP contribution is -2.12. The van der Waals surface area contributed by atoms with Gasteiger partial charge in [-0.2, -0.15) is 13.2 Å². The second-order valence-corrected chi connectivity index (χ2v) is 17.8. The monoisotopic (exact) mass is 918 g/mol. The van der Waals surface area contributed by atoms with Crippen LogP contribution in [0.3, 0.4) is 0 Å². The van der Waals surface area contributed by atoms with Crippen molar-refractivity contribution >= 4 is 87.2 Å². The summed E-state index contributed by atoms with van der Waals surface area (Å²) in [7, 11) is 0. The van der Waals surface area contributed by atoms with Crippen molar-refractivity contribution in [2.75, 3.05) is 0 Å². The van der Waals surface area contributed by atoms with Gasteiger partial charge in [0.25, 0.3) is 0 Å². The fourth-order valence-corrected chi connectivity index (χ4v) is 11.3. The molecule has 0 amide bonds. The zero-order chi connectivity index (χ0) is 47.0. The van der Waals surface area contributed by atoms with Gasteiger partial charge in [-0.25, -0.2) is 8.78 Å². The molecule has 0 N–H and O–H groups in total. The van der Waals surface area contributed by atoms with Crippen LogP contribution in [0.1, 0.15) is 5.56 Å². The topological polar surface area (TPSA) is 19.7 Å². The van der Waals surface area contributed by atoms with Crippen LogP contribution < -0.4 is 0 Å². The van der Waals surface area contributed by atoms with Crippen LogP contribution in [0.2, 0.25) is 0 Å². The summed E-state index contributed by atoms with van der Waals surface area (Å²) in [4.78, 5) is 0. The van der Waals surface area contributed by atoms with E-state index < -0.39 is 23.4 Å². The summed E-state index contributed by atoms with van der Waals surface area (Å²) in [5.41, 5.74) is 7.14. The molecule has 14 rings (SSSR count). The summed E-state index contributed by atoms with van der Waals surface area (Å²) < 4.78 is 87.7. The fourth-order valence-electron chi connectivity index (χ4n) is 11.3. The van der Waals surface area contributed by atoms with Gasteiger partial charge in [-0.3, -0.25) is 0 Å². The number of benzene rings is 10. The van der Waals surface area contributed by atoms with Crippen LogP contribution in [-0.2, 0) is 6.18 Å². The number of alkyl halides is 3. The standard InChI is InChI=1S/C61H35F5N4/c62-37-31-36(32-38(63)33-37)49-34-55(69-53-25-13-9-21-43(53)47-29-27-45-41-19-7-11-23-51(41)67(57(45)59(47)69)39-15-3-1-4-16-39)56(35-50(49)61(64,65)66)70-54-26-14-10-22-44(54)48-30-28-46-42-20-8-12-24-52(42)68(58(46)60(48)70)40-17-5-2-6-18-40/h1-35H. The van der Waals surface area contributed by atoms with E-state index in [1.54, 1.807) is 0 Å². The van der Waals surface area contributed by atoms with Gasteiger partial charge in [-0.1, -0.05) is 133 Å². The quantitative estimate of drug-likeness (QED) is 0.153. The van der Waals surface area contributed by atoms with E-state index in [9.17, 15) is 0 Å². The number of nitrogens with zero attached hydrogens (tertiary/aromatic N) is 4. The Morgan fingerprint density at radius 2 is 0.629 bits per heavy atom. The highest BCUT2D eigenvalue weighted by molar-refractivity contribution is 6.26. The normalized spacial score (nSPS) is 12.4. The maximum atomic E-state index is 16.2. The summed E-state index contributed by atoms with van der Waals surface area (Å²) in [5.74, 6) is -1.98. The zero-order valence-corrected chi connectivity index (χ0v) is 36.9. The Bertz CT molecular complexity index is 4460. The van der Waals surface area contributed by atoms with Gasteiger partial charge in [0, 0.05) is 60.5 Å². The highest BCUT2D eigenvalue weighted by Crippen LogP contribution is 2.49. The Morgan fingerprint density at radius 3 is 1.01 bits per heavy atom. The van der Waals surface area contributed by atoms with Crippen molar-refractivity contribution in [3.05, 3.63) is 230 Å². The first-order chi connectivity index (χ1) is 34.2. The maximum Gasteiger partial charge on any atom is 0.417 e. The second kappa shape index (κ2) is 14.8. The predicted molar refractivity (Wildman–Crippen MR) is 274 cm³/mol. The third-order valence-corrected chi connectivity index (χ3v) is 14.0. The van der Waals surface area contributed by atoms with Crippen molar-refractivity contribution < 1.29 is 22.0 Å². The van der Waals surface area contributed by atoms with Gasteiger partial charge in [-0.05, 0) is 83.9 Å². The Hall–Kier alpha value is -8.95. The Morgan fingerprint density at radius 1 is 0.300 bits per heavy atom. The highest BCUT2D eigenvalue weighted by Gasteiger charge is 2.37. The first kappa shape index (κ1) is 40.1. The Labute approximate surface area is 395 Å². The molecule has 4 nitrogen and oxygen atoms in total. The molecule has 334 valence electrons. The van der Waals surface area contributed by atoms with Crippen LogP contribution in [0, 0.1) is 11.6 Å². The number of para-hydroxylation sites is 6. The molecule has 0 fully saturated rings. The molecular formula is C61H35F5N4. The number of hydrogen-bond acceptors (Lipinski definition) is 0. The minimum atomic E-state index is -4.97. The molecular weight excluding hydrogens is 884 g/mol. The summed E-state index contributed by atoms with van der Waals surface area (Å²) in [6.07, 6.45) is -4.97. The maximum absolute atomic E-state index is 16.2. The first-order valence-corrected chi connectivity index (χ1v) is 23.0. The lowest BCUT2D eigenvalue weighted by Gasteiger charge is -2.23. The molecule has 0 unspecified atom stereocenters. The molecule has 4 aromatic heterocycles. The molecule has 0 aliphatic rings. The van der Waals surface area contributed by atoms with E-state index in [2.05, 4.69) is 62.2 Å². The average Bonchev–Trinajstić information content (AvgIpc) is 4.11. The van der Waals surface area contributed by atoms with Crippen molar-refractivity contribution in [3.8, 4) is 33.9 Å². The van der Waals surface area contributed by atoms with Crippen LogP contribution in [0.15, 0.2) is 212 Å². The van der Waals surface area contributed by atoms with Gasteiger partial charge >= 0.3 is 6.18 Å². The molecule has 0 saturated heterocycles. The number of aromatic nitrogens is 4. The summed E-state index contributed by atoms with van der Waals surface area (Å²) in [6, 6.07) is 65.7. The van der Waals surface area contributed by atoms with Gasteiger partial charge in [-0.15, -0.1) is 0 Å². The van der Waals surface area contributed by atoms with E-state index in [0.717, 1.165) is 99.7 Å². The molecule has 0 atom stereocenters. The summed E-state index contributed by atoms with van der Waals surface area (Å²) in [5, 5.41) is 7.29. The minimum Gasteiger partial charge on any atom is -0.307 e. The molecule has 0 bridgehead atoms. The molecule has 10 aromatic carbocycles. The highest BCUT2D eigenvalue weighted by atomic mass is 19.4. The van der Waals surface area contributed by atoms with Crippen molar-refractivity contribution in [3.63, 3.8) is 0 Å². The van der Waals surface area contributed by atoms with Crippen LogP contribution in [0.4, 0.5) is 22.0 Å². The van der Waals surface area contributed by atoms with E-state index in [1.165, 1.54) is 12.1 Å². The third-order valence-electron chi connectivity index (χ3n) is 14.0. The van der Waals surface area contributed by atoms with Gasteiger partial charge in [0.2, 0.25) is 0 Å². The molecule has 70 heavy (non-hydrogen) atoms. The first-order valence-electron chi connectivity index (χ1n) is 23.0. The minimum absolute atomic E-state index is 0.221. The SMILES string of the molecule is Fc1cc(F)cc(-c2cc(-n3c4ccccc4c4ccc5c6ccccc6n(-c6ccccc6)c5c43)c(-n3c4ccccc4c4ccc5c6ccccc6n(-c6ccccc6)c5c43)cc2C(F)(F)F)c1. The van der Waals surface area contributed by atoms with E-state index in [0.29, 0.717) is 22.8 Å². The number of fused-ring (bicyclic) bond motifs is 14. The molecule has 4 heterocycles. The van der Waals surface area contributed by atoms with Crippen molar-refractivity contribution in [1.82, 2.24) is 18.3 Å². The van der Waals surface area contributed by atoms with Crippen LogP contribution >= 0.6 is 0 Å². The lowest BCUT2D eigenvalue weighted by molar-refractivity contribution is -0.137. The van der Waals surface area contributed by atoms with E-state index in [1.807, 2.05) is 138 Å². The van der Waals surface area contributed by atoms with Gasteiger partial charge in [0.15, 0.2) is 0 Å². The van der Waals surface area contributed by atoms with Crippen molar-refractivity contribution in [2.45, 2.75) is 6.18 Å². The fraction of sp³-hybridized carbons (Fsp3) is 0.0164. The van der Waals surface area contributed by atoms with Crippen molar-refractivity contribution in [1.29, 1.82) is 0 Å². The van der Waals surface area contributed by atoms with Gasteiger partial charge < -0.3 is 18.3 Å². The predicted octanol–water partition coefficient (Wildman–Crippen LogP) is 17.0. The van der Waals surface area contributed by atoms with E-state index >= 15 is 22.0 Å². The number of halogens is 5. The molecule has 14 aromatic rings. The number of hydrogen-bond donors (Lipinski definition) is 0. The smallest absolute Gasteiger partial charge is 0.307 e. The molecule has 0 saturated carbocycles. The molecule has 9 heteroatoms. The Balaban J connectivity index is 1.25. The molecule has 0 aliphatic carbocycles. The zero-order valence-electron chi connectivity index (χ0n) is 36.9. The second-order valence-electron chi connectivity index (χ2n) is 17.8. The van der Waals surface area contributed by atoms with Gasteiger partial charge in [0.1, 0.15) is 11.6 Å². The van der Waals surface area contributed by atoms with Crippen LogP contribution in [0.25, 0.3) is 121 Å². The van der Waals surface area contributed by atoms with E-state index in [-0.39, 0.29) is 16.8 Å². The largest absolute Gasteiger partial charge is 0.417 e. The molecule has 0 spiro atoms. The van der Waals surface area contributed by atoms with Crippen LogP contribution in [-0.4, -0.2) is 18.3 Å². The lowest BCUT2D eigenvalue weighted by atomic mass is 9.96. The number of rotatable bonds is 5. The third kappa shape index (κ3) is 5.69. The summed E-state index contributed by atoms with van der Waals surface area (Å²) >= 11 is 0. The van der Waals surface area contributed by atoms with Gasteiger partial charge in [0.05, 0.1) is 61.1 Å². The molecule has 0 aliphatic heterocycles. The Kier molecular flexibility index (Phi) is 8.47. The van der Waals surface area contributed by atoms with Crippen LogP contribution in [0.5, 0.6) is 0 Å². The average molecular weight is 919 g/mol. The molecule has 0 radical (unpaired) electrons.